The fraction of sp³-hybridized carbons (Fsp3) is 0.444. The molecule has 0 bridgehead atoms. The van der Waals surface area contributed by atoms with Gasteiger partial charge in [-0.1, -0.05) is 6.07 Å². The third-order valence-electron chi connectivity index (χ3n) is 3.89. The number of pyridine rings is 1. The summed E-state index contributed by atoms with van der Waals surface area (Å²) >= 11 is 0. The van der Waals surface area contributed by atoms with E-state index in [0.29, 0.717) is 31.9 Å². The van der Waals surface area contributed by atoms with Gasteiger partial charge < -0.3 is 14.4 Å². The van der Waals surface area contributed by atoms with E-state index < -0.39 is 0 Å². The molecule has 2 aromatic rings. The Labute approximate surface area is 136 Å². The Morgan fingerprint density at radius 1 is 1.43 bits per heavy atom. The third kappa shape index (κ3) is 3.86. The molecule has 1 aromatic carbocycles. The third-order valence-corrected chi connectivity index (χ3v) is 3.89. The summed E-state index contributed by atoms with van der Waals surface area (Å²) in [5.74, 6) is 0.0357. The van der Waals surface area contributed by atoms with Gasteiger partial charge in [0, 0.05) is 30.2 Å². The Kier molecular flexibility index (Phi) is 4.88. The van der Waals surface area contributed by atoms with Crippen LogP contribution in [0.2, 0.25) is 0 Å². The molecule has 0 radical (unpaired) electrons. The highest BCUT2D eigenvalue weighted by Gasteiger charge is 2.25. The summed E-state index contributed by atoms with van der Waals surface area (Å²) in [6, 6.07) is 9.48. The second-order valence-electron chi connectivity index (χ2n) is 6.04. The molecule has 0 spiro atoms. The molecule has 1 aromatic heterocycles. The van der Waals surface area contributed by atoms with Gasteiger partial charge in [-0.25, -0.2) is 0 Å². The zero-order valence-corrected chi connectivity index (χ0v) is 13.6. The Hall–Kier alpha value is -1.98. The van der Waals surface area contributed by atoms with E-state index in [1.54, 1.807) is 6.20 Å². The number of ether oxygens (including phenoxy) is 2. The highest BCUT2D eigenvalue weighted by molar-refractivity contribution is 5.98. The van der Waals surface area contributed by atoms with E-state index in [2.05, 4.69) is 4.98 Å². The molecule has 3 rings (SSSR count). The molecule has 0 N–H and O–H groups in total. The van der Waals surface area contributed by atoms with Gasteiger partial charge in [-0.05, 0) is 38.1 Å². The van der Waals surface area contributed by atoms with E-state index >= 15 is 0 Å². The fourth-order valence-electron chi connectivity index (χ4n) is 2.70. The number of morpholine rings is 1. The van der Waals surface area contributed by atoms with Crippen LogP contribution in [-0.4, -0.2) is 54.3 Å². The number of carbonyl (C=O) groups is 1. The fourth-order valence-corrected chi connectivity index (χ4v) is 2.70. The van der Waals surface area contributed by atoms with Crippen molar-refractivity contribution in [3.63, 3.8) is 0 Å². The summed E-state index contributed by atoms with van der Waals surface area (Å²) in [6.45, 7) is 6.23. The van der Waals surface area contributed by atoms with Crippen LogP contribution < -0.4 is 0 Å². The Bertz CT molecular complexity index is 687. The molecule has 5 nitrogen and oxygen atoms in total. The lowest BCUT2D eigenvalue weighted by molar-refractivity contribution is -0.0725. The van der Waals surface area contributed by atoms with Gasteiger partial charge in [0.15, 0.2) is 0 Å². The van der Waals surface area contributed by atoms with Crippen molar-refractivity contribution in [2.45, 2.75) is 26.1 Å². The predicted octanol–water partition coefficient (Wildman–Crippen LogP) is 2.50. The zero-order valence-electron chi connectivity index (χ0n) is 13.6. The van der Waals surface area contributed by atoms with Crippen molar-refractivity contribution >= 4 is 16.8 Å². The second kappa shape index (κ2) is 7.06. The Morgan fingerprint density at radius 3 is 3.13 bits per heavy atom. The topological polar surface area (TPSA) is 51.7 Å². The van der Waals surface area contributed by atoms with Crippen LogP contribution in [-0.2, 0) is 9.47 Å². The van der Waals surface area contributed by atoms with Crippen molar-refractivity contribution in [3.05, 3.63) is 42.1 Å². The van der Waals surface area contributed by atoms with E-state index in [1.807, 2.05) is 49.1 Å². The van der Waals surface area contributed by atoms with E-state index in [0.717, 1.165) is 10.9 Å². The molecular weight excluding hydrogens is 292 g/mol. The molecule has 5 heteroatoms. The summed E-state index contributed by atoms with van der Waals surface area (Å²) in [5, 5.41) is 0.978. The van der Waals surface area contributed by atoms with Crippen LogP contribution in [0.1, 0.15) is 24.2 Å². The van der Waals surface area contributed by atoms with E-state index in [1.165, 1.54) is 0 Å². The Morgan fingerprint density at radius 2 is 2.30 bits per heavy atom. The van der Waals surface area contributed by atoms with Gasteiger partial charge in [-0.15, -0.1) is 0 Å². The summed E-state index contributed by atoms with van der Waals surface area (Å²) in [4.78, 5) is 18.9. The molecule has 1 saturated heterocycles. The average Bonchev–Trinajstić information content (AvgIpc) is 2.59. The van der Waals surface area contributed by atoms with Crippen LogP contribution in [0.15, 0.2) is 36.5 Å². The van der Waals surface area contributed by atoms with Crippen molar-refractivity contribution in [3.8, 4) is 0 Å². The minimum absolute atomic E-state index is 0.0357. The molecule has 0 saturated carbocycles. The number of nitrogens with zero attached hydrogens (tertiary/aromatic N) is 2. The van der Waals surface area contributed by atoms with E-state index in [4.69, 9.17) is 9.47 Å². The molecule has 1 atom stereocenters. The van der Waals surface area contributed by atoms with Crippen LogP contribution >= 0.6 is 0 Å². The number of hydrogen-bond acceptors (Lipinski definition) is 4. The van der Waals surface area contributed by atoms with Gasteiger partial charge in [0.25, 0.3) is 5.91 Å². The maximum absolute atomic E-state index is 12.7. The van der Waals surface area contributed by atoms with Crippen LogP contribution in [0.5, 0.6) is 0 Å². The molecule has 1 aliphatic heterocycles. The van der Waals surface area contributed by atoms with E-state index in [-0.39, 0.29) is 18.1 Å². The van der Waals surface area contributed by atoms with Gasteiger partial charge in [-0.2, -0.15) is 0 Å². The molecule has 1 unspecified atom stereocenters. The van der Waals surface area contributed by atoms with Crippen molar-refractivity contribution in [2.75, 3.05) is 26.3 Å². The lowest BCUT2D eigenvalue weighted by atomic mass is 10.1. The highest BCUT2D eigenvalue weighted by atomic mass is 16.5. The van der Waals surface area contributed by atoms with Crippen molar-refractivity contribution < 1.29 is 14.3 Å². The maximum Gasteiger partial charge on any atom is 0.254 e. The first kappa shape index (κ1) is 15.9. The molecule has 2 heterocycles. The molecule has 1 amide bonds. The number of benzene rings is 1. The van der Waals surface area contributed by atoms with Gasteiger partial charge in [0.05, 0.1) is 30.9 Å². The van der Waals surface area contributed by atoms with Crippen molar-refractivity contribution in [2.24, 2.45) is 0 Å². The normalized spacial score (nSPS) is 18.6. The van der Waals surface area contributed by atoms with Crippen LogP contribution in [0.25, 0.3) is 10.9 Å². The Balaban J connectivity index is 1.70. The molecule has 23 heavy (non-hydrogen) atoms. The molecular formula is C18H22N2O3. The summed E-state index contributed by atoms with van der Waals surface area (Å²) in [5.41, 5.74) is 1.59. The smallest absolute Gasteiger partial charge is 0.254 e. The maximum atomic E-state index is 12.7. The summed E-state index contributed by atoms with van der Waals surface area (Å²) in [7, 11) is 0. The average molecular weight is 314 g/mol. The number of amides is 1. The summed E-state index contributed by atoms with van der Waals surface area (Å²) < 4.78 is 11.3. The monoisotopic (exact) mass is 314 g/mol. The van der Waals surface area contributed by atoms with Crippen LogP contribution in [0.3, 0.4) is 0 Å². The summed E-state index contributed by atoms with van der Waals surface area (Å²) in [6.07, 6.45) is 1.86. The first-order valence-corrected chi connectivity index (χ1v) is 8.01. The number of aromatic nitrogens is 1. The number of rotatable bonds is 4. The highest BCUT2D eigenvalue weighted by Crippen LogP contribution is 2.17. The number of fused-ring (bicyclic) bond motifs is 1. The van der Waals surface area contributed by atoms with Gasteiger partial charge in [0.1, 0.15) is 0 Å². The minimum atomic E-state index is -0.0581. The van der Waals surface area contributed by atoms with Crippen molar-refractivity contribution in [1.82, 2.24) is 9.88 Å². The number of carbonyl (C=O) groups excluding carboxylic acids is 1. The molecule has 0 aliphatic carbocycles. The van der Waals surface area contributed by atoms with Gasteiger partial charge in [-0.3, -0.25) is 9.78 Å². The van der Waals surface area contributed by atoms with Crippen LogP contribution in [0.4, 0.5) is 0 Å². The predicted molar refractivity (Wildman–Crippen MR) is 88.5 cm³/mol. The van der Waals surface area contributed by atoms with Crippen molar-refractivity contribution in [1.29, 1.82) is 0 Å². The minimum Gasteiger partial charge on any atom is -0.376 e. The lowest BCUT2D eigenvalue weighted by Gasteiger charge is -2.33. The SMILES string of the molecule is CC(C)OCC1CN(C(=O)c2ccc3ncccc3c2)CCO1. The first-order valence-electron chi connectivity index (χ1n) is 8.01. The van der Waals surface area contributed by atoms with Gasteiger partial charge >= 0.3 is 0 Å². The quantitative estimate of drug-likeness (QED) is 0.870. The zero-order chi connectivity index (χ0) is 16.2. The molecule has 122 valence electrons. The first-order chi connectivity index (χ1) is 11.1. The number of hydrogen-bond donors (Lipinski definition) is 0. The van der Waals surface area contributed by atoms with Gasteiger partial charge in [0.2, 0.25) is 0 Å². The standard InChI is InChI=1S/C18H22N2O3/c1-13(2)23-12-16-11-20(8-9-22-16)18(21)15-5-6-17-14(10-15)4-3-7-19-17/h3-7,10,13,16H,8-9,11-12H2,1-2H3. The second-order valence-corrected chi connectivity index (χ2v) is 6.04. The van der Waals surface area contributed by atoms with E-state index in [9.17, 15) is 4.79 Å². The molecule has 1 fully saturated rings. The molecule has 1 aliphatic rings. The largest absolute Gasteiger partial charge is 0.376 e. The lowest BCUT2D eigenvalue weighted by Crippen LogP contribution is -2.47. The van der Waals surface area contributed by atoms with Crippen LogP contribution in [0, 0.1) is 0 Å².